The highest BCUT2D eigenvalue weighted by Crippen LogP contribution is 2.47. The van der Waals surface area contributed by atoms with Gasteiger partial charge in [-0.3, -0.25) is 9.78 Å². The maximum atomic E-state index is 10.4. The molecule has 3 aromatic heterocycles. The van der Waals surface area contributed by atoms with E-state index in [0.717, 1.165) is 35.9 Å². The molecule has 1 aromatic carbocycles. The number of pyridine rings is 1. The first-order valence-corrected chi connectivity index (χ1v) is 11.0. The van der Waals surface area contributed by atoms with Crippen molar-refractivity contribution in [3.05, 3.63) is 59.5 Å². The van der Waals surface area contributed by atoms with Gasteiger partial charge in [0, 0.05) is 17.8 Å². The predicted molar refractivity (Wildman–Crippen MR) is 120 cm³/mol. The van der Waals surface area contributed by atoms with Crippen LogP contribution in [0.5, 0.6) is 5.75 Å². The molecule has 1 N–H and O–H groups in total. The lowest BCUT2D eigenvalue weighted by Crippen LogP contribution is -2.25. The minimum Gasteiger partial charge on any atom is -0.495 e. The van der Waals surface area contributed by atoms with Gasteiger partial charge in [-0.15, -0.1) is 0 Å². The minimum absolute atomic E-state index is 0.113. The molecule has 0 saturated heterocycles. The largest absolute Gasteiger partial charge is 0.495 e. The molecule has 8 nitrogen and oxygen atoms in total. The van der Waals surface area contributed by atoms with Crippen LogP contribution in [0.1, 0.15) is 42.1 Å². The molecule has 0 radical (unpaired) electrons. The molecule has 2 aliphatic rings. The molecule has 0 aliphatic heterocycles. The van der Waals surface area contributed by atoms with Crippen LogP contribution in [0.3, 0.4) is 0 Å². The average Bonchev–Trinajstić information content (AvgIpc) is 3.54. The van der Waals surface area contributed by atoms with E-state index in [4.69, 9.17) is 15.0 Å². The van der Waals surface area contributed by atoms with Crippen molar-refractivity contribution in [2.24, 2.45) is 5.92 Å². The third kappa shape index (κ3) is 2.77. The Morgan fingerprint density at radius 2 is 2.09 bits per heavy atom. The smallest absolute Gasteiger partial charge is 0.144 e. The highest BCUT2D eigenvalue weighted by molar-refractivity contribution is 5.90. The topological polar surface area (TPSA) is 116 Å². The quantitative estimate of drug-likeness (QED) is 0.517. The fourth-order valence-corrected chi connectivity index (χ4v) is 5.19. The Balaban J connectivity index is 1.47. The van der Waals surface area contributed by atoms with Crippen molar-refractivity contribution < 1.29 is 4.74 Å². The van der Waals surface area contributed by atoms with Crippen molar-refractivity contribution in [1.82, 2.24) is 25.0 Å². The van der Waals surface area contributed by atoms with Gasteiger partial charge >= 0.3 is 0 Å². The Bertz CT molecular complexity index is 1460. The van der Waals surface area contributed by atoms with Gasteiger partial charge in [0.15, 0.2) is 0 Å². The fraction of sp³-hybridized carbons (Fsp3) is 0.320. The van der Waals surface area contributed by atoms with Crippen LogP contribution in [0, 0.1) is 28.6 Å². The summed E-state index contributed by atoms with van der Waals surface area (Å²) >= 11 is 0. The van der Waals surface area contributed by atoms with Gasteiger partial charge in [-0.2, -0.15) is 20.7 Å². The van der Waals surface area contributed by atoms with Crippen LogP contribution in [0.15, 0.2) is 42.7 Å². The molecule has 1 unspecified atom stereocenters. The number of methoxy groups -OCH3 is 1. The average molecular weight is 435 g/mol. The summed E-state index contributed by atoms with van der Waals surface area (Å²) in [6.45, 7) is 0. The van der Waals surface area contributed by atoms with Crippen LogP contribution >= 0.6 is 0 Å². The van der Waals surface area contributed by atoms with Crippen molar-refractivity contribution in [3.8, 4) is 29.1 Å². The molecule has 0 spiro atoms. The van der Waals surface area contributed by atoms with Gasteiger partial charge in [-0.25, -0.2) is 4.98 Å². The molecule has 0 amide bonds. The summed E-state index contributed by atoms with van der Waals surface area (Å²) in [4.78, 5) is 5.00. The third-order valence-corrected chi connectivity index (χ3v) is 7.11. The molecule has 0 bridgehead atoms. The Labute approximate surface area is 190 Å². The van der Waals surface area contributed by atoms with Crippen LogP contribution < -0.4 is 4.74 Å². The number of hydrogen-bond donors (Lipinski definition) is 1. The SMILES string of the molecule is COc1cc2[nH]nc(-c3cnn(C4CC(C#N)C4)c3)c2nc1C1(C#N)CCc2ccccc21. The molecule has 8 heteroatoms. The summed E-state index contributed by atoms with van der Waals surface area (Å²) in [5.74, 6) is 0.686. The second-order valence-corrected chi connectivity index (χ2v) is 8.84. The van der Waals surface area contributed by atoms with Crippen molar-refractivity contribution in [2.45, 2.75) is 37.1 Å². The van der Waals surface area contributed by atoms with Crippen LogP contribution in [0.2, 0.25) is 0 Å². The zero-order valence-electron chi connectivity index (χ0n) is 18.1. The van der Waals surface area contributed by atoms with Gasteiger partial charge in [-0.05, 0) is 36.8 Å². The zero-order chi connectivity index (χ0) is 22.6. The number of H-pyrrole nitrogens is 1. The lowest BCUT2D eigenvalue weighted by molar-refractivity contribution is 0.230. The summed E-state index contributed by atoms with van der Waals surface area (Å²) in [6, 6.07) is 15.1. The second kappa shape index (κ2) is 7.18. The Morgan fingerprint density at radius 1 is 1.24 bits per heavy atom. The third-order valence-electron chi connectivity index (χ3n) is 7.11. The van der Waals surface area contributed by atoms with Crippen LogP contribution in [-0.2, 0) is 11.8 Å². The number of rotatable bonds is 4. The van der Waals surface area contributed by atoms with Crippen molar-refractivity contribution in [2.75, 3.05) is 7.11 Å². The van der Waals surface area contributed by atoms with E-state index >= 15 is 0 Å². The molecule has 1 atom stereocenters. The lowest BCUT2D eigenvalue weighted by Gasteiger charge is -2.30. The maximum Gasteiger partial charge on any atom is 0.144 e. The molecule has 33 heavy (non-hydrogen) atoms. The molecular formula is C25H21N7O. The number of nitrogens with one attached hydrogen (secondary N) is 1. The van der Waals surface area contributed by atoms with Gasteiger partial charge in [0.1, 0.15) is 28.1 Å². The number of aryl methyl sites for hydroxylation is 1. The van der Waals surface area contributed by atoms with E-state index in [1.165, 1.54) is 5.56 Å². The molecule has 6 rings (SSSR count). The summed E-state index contributed by atoms with van der Waals surface area (Å²) in [7, 11) is 1.60. The van der Waals surface area contributed by atoms with Gasteiger partial charge in [0.25, 0.3) is 0 Å². The van der Waals surface area contributed by atoms with E-state index in [9.17, 15) is 5.26 Å². The van der Waals surface area contributed by atoms with Crippen molar-refractivity contribution >= 4 is 11.0 Å². The summed E-state index contributed by atoms with van der Waals surface area (Å²) < 4.78 is 7.61. The molecule has 1 saturated carbocycles. The van der Waals surface area contributed by atoms with Crippen LogP contribution in [-0.4, -0.2) is 32.1 Å². The second-order valence-electron chi connectivity index (χ2n) is 8.84. The molecular weight excluding hydrogens is 414 g/mol. The van der Waals surface area contributed by atoms with E-state index in [1.807, 2.05) is 35.1 Å². The Kier molecular flexibility index (Phi) is 4.24. The van der Waals surface area contributed by atoms with E-state index in [0.29, 0.717) is 29.1 Å². The van der Waals surface area contributed by atoms with Crippen LogP contribution in [0.4, 0.5) is 0 Å². The van der Waals surface area contributed by atoms with E-state index in [-0.39, 0.29) is 12.0 Å². The molecule has 162 valence electrons. The normalized spacial score (nSPS) is 23.5. The molecule has 2 aliphatic carbocycles. The summed E-state index contributed by atoms with van der Waals surface area (Å²) in [5.41, 5.74) is 4.89. The number of aromatic amines is 1. The Morgan fingerprint density at radius 3 is 2.88 bits per heavy atom. The molecule has 4 aromatic rings. The summed E-state index contributed by atoms with van der Waals surface area (Å²) in [6.07, 6.45) is 6.87. The number of aromatic nitrogens is 5. The number of ether oxygens (including phenoxy) is 1. The highest BCUT2D eigenvalue weighted by atomic mass is 16.5. The highest BCUT2D eigenvalue weighted by Gasteiger charge is 2.44. The van der Waals surface area contributed by atoms with Crippen molar-refractivity contribution in [1.29, 1.82) is 10.5 Å². The van der Waals surface area contributed by atoms with E-state index in [1.54, 1.807) is 13.3 Å². The summed E-state index contributed by atoms with van der Waals surface area (Å²) in [5, 5.41) is 31.5. The first-order chi connectivity index (χ1) is 16.2. The Hall–Kier alpha value is -4.17. The molecule has 3 heterocycles. The maximum absolute atomic E-state index is 10.4. The standard InChI is InChI=1S/C25H21N7O/c1-33-21-10-20-23(29-24(21)25(14-27)7-6-16-4-2-3-5-19(16)25)22(31-30-20)17-12-28-32(13-17)18-8-15(9-18)11-26/h2-5,10,12-13,15,18H,6-9H2,1H3,(H,30,31). The minimum atomic E-state index is -0.868. The predicted octanol–water partition coefficient (Wildman–Crippen LogP) is 4.06. The zero-order valence-corrected chi connectivity index (χ0v) is 18.1. The van der Waals surface area contributed by atoms with E-state index < -0.39 is 5.41 Å². The van der Waals surface area contributed by atoms with Gasteiger partial charge < -0.3 is 4.74 Å². The first kappa shape index (κ1) is 19.5. The monoisotopic (exact) mass is 435 g/mol. The van der Waals surface area contributed by atoms with Gasteiger partial charge in [0.05, 0.1) is 42.9 Å². The van der Waals surface area contributed by atoms with E-state index in [2.05, 4.69) is 33.5 Å². The number of nitriles is 2. The first-order valence-electron chi connectivity index (χ1n) is 11.0. The lowest BCUT2D eigenvalue weighted by atomic mass is 9.79. The number of fused-ring (bicyclic) bond motifs is 2. The number of benzene rings is 1. The van der Waals surface area contributed by atoms with Crippen molar-refractivity contribution in [3.63, 3.8) is 0 Å². The molecule has 1 fully saturated rings. The van der Waals surface area contributed by atoms with Gasteiger partial charge in [-0.1, -0.05) is 24.3 Å². The number of hydrogen-bond acceptors (Lipinski definition) is 6. The number of nitrogens with zero attached hydrogens (tertiary/aromatic N) is 6. The van der Waals surface area contributed by atoms with Gasteiger partial charge in [0.2, 0.25) is 0 Å². The fourth-order valence-electron chi connectivity index (χ4n) is 5.19. The van der Waals surface area contributed by atoms with Crippen LogP contribution in [0.25, 0.3) is 22.3 Å².